The molecule has 3 rings (SSSR count). The molecular formula is C19H22N2O2S. The van der Waals surface area contributed by atoms with Crippen molar-refractivity contribution in [2.45, 2.75) is 4.90 Å². The van der Waals surface area contributed by atoms with Gasteiger partial charge in [0, 0.05) is 32.7 Å². The van der Waals surface area contributed by atoms with Crippen LogP contribution in [0.2, 0.25) is 0 Å². The van der Waals surface area contributed by atoms with Crippen molar-refractivity contribution in [3.63, 3.8) is 0 Å². The minimum absolute atomic E-state index is 0.377. The first kappa shape index (κ1) is 16.9. The summed E-state index contributed by atoms with van der Waals surface area (Å²) in [5.74, 6) is 0. The summed E-state index contributed by atoms with van der Waals surface area (Å²) in [5.41, 5.74) is 1.18. The van der Waals surface area contributed by atoms with Gasteiger partial charge < -0.3 is 0 Å². The fourth-order valence-electron chi connectivity index (χ4n) is 2.80. The highest BCUT2D eigenvalue weighted by atomic mass is 32.2. The third kappa shape index (κ3) is 4.12. The fourth-order valence-corrected chi connectivity index (χ4v) is 4.24. The van der Waals surface area contributed by atoms with E-state index in [2.05, 4.69) is 29.2 Å². The molecule has 0 radical (unpaired) electrons. The number of hydrogen-bond donors (Lipinski definition) is 0. The van der Waals surface area contributed by atoms with E-state index >= 15 is 0 Å². The van der Waals surface area contributed by atoms with Crippen LogP contribution in [0.4, 0.5) is 0 Å². The van der Waals surface area contributed by atoms with Gasteiger partial charge in [0.1, 0.15) is 0 Å². The highest BCUT2D eigenvalue weighted by molar-refractivity contribution is 7.89. The third-order valence-electron chi connectivity index (χ3n) is 4.19. The Bertz CT molecular complexity index is 766. The summed E-state index contributed by atoms with van der Waals surface area (Å²) in [7, 11) is -3.36. The topological polar surface area (TPSA) is 40.6 Å². The molecule has 1 heterocycles. The Morgan fingerprint density at radius 2 is 1.42 bits per heavy atom. The number of piperazine rings is 1. The van der Waals surface area contributed by atoms with Crippen molar-refractivity contribution in [3.8, 4) is 0 Å². The molecule has 1 fully saturated rings. The fraction of sp³-hybridized carbons (Fsp3) is 0.263. The summed E-state index contributed by atoms with van der Waals surface area (Å²) in [6, 6.07) is 18.9. The Kier molecular flexibility index (Phi) is 5.45. The van der Waals surface area contributed by atoms with Gasteiger partial charge in [0.2, 0.25) is 10.0 Å². The van der Waals surface area contributed by atoms with Crippen molar-refractivity contribution < 1.29 is 8.42 Å². The van der Waals surface area contributed by atoms with E-state index in [1.54, 1.807) is 28.6 Å². The van der Waals surface area contributed by atoms with Gasteiger partial charge in [0.15, 0.2) is 0 Å². The first-order chi connectivity index (χ1) is 11.7. The maximum absolute atomic E-state index is 12.6. The number of hydrogen-bond acceptors (Lipinski definition) is 3. The van der Waals surface area contributed by atoms with Gasteiger partial charge in [-0.05, 0) is 17.7 Å². The van der Waals surface area contributed by atoms with Crippen LogP contribution in [-0.4, -0.2) is 50.3 Å². The first-order valence-electron chi connectivity index (χ1n) is 8.15. The molecule has 5 heteroatoms. The van der Waals surface area contributed by atoms with Crippen LogP contribution in [0.15, 0.2) is 71.6 Å². The molecule has 1 aliphatic rings. The summed E-state index contributed by atoms with van der Waals surface area (Å²) in [4.78, 5) is 2.65. The Morgan fingerprint density at radius 3 is 2.04 bits per heavy atom. The highest BCUT2D eigenvalue weighted by Crippen LogP contribution is 2.17. The normalized spacial score (nSPS) is 17.3. The molecule has 0 aromatic heterocycles. The highest BCUT2D eigenvalue weighted by Gasteiger charge is 2.27. The van der Waals surface area contributed by atoms with Crippen molar-refractivity contribution in [1.82, 2.24) is 9.21 Å². The largest absolute Gasteiger partial charge is 0.297 e. The predicted molar refractivity (Wildman–Crippen MR) is 97.1 cm³/mol. The zero-order chi connectivity index (χ0) is 16.8. The lowest BCUT2D eigenvalue weighted by Gasteiger charge is -2.33. The molecule has 0 spiro atoms. The minimum Gasteiger partial charge on any atom is -0.297 e. The summed E-state index contributed by atoms with van der Waals surface area (Å²) in [5, 5.41) is 0. The SMILES string of the molecule is O=S(=O)(c1ccccc1)N1CCN(C/C=C\c2ccccc2)CC1. The quantitative estimate of drug-likeness (QED) is 0.839. The van der Waals surface area contributed by atoms with Gasteiger partial charge in [-0.3, -0.25) is 4.90 Å². The molecule has 0 amide bonds. The number of nitrogens with zero attached hydrogens (tertiary/aromatic N) is 2. The van der Waals surface area contributed by atoms with Crippen molar-refractivity contribution >= 4 is 16.1 Å². The van der Waals surface area contributed by atoms with Crippen LogP contribution < -0.4 is 0 Å². The second-order valence-corrected chi connectivity index (χ2v) is 7.77. The molecule has 0 N–H and O–H groups in total. The standard InChI is InChI=1S/C19H22N2O2S/c22-24(23,19-11-5-2-6-12-19)21-16-14-20(15-17-21)13-7-10-18-8-3-1-4-9-18/h1-12H,13-17H2/b10-7-. The van der Waals surface area contributed by atoms with Crippen LogP contribution in [0.25, 0.3) is 6.08 Å². The zero-order valence-corrected chi connectivity index (χ0v) is 14.4. The molecule has 0 saturated carbocycles. The lowest BCUT2D eigenvalue weighted by Crippen LogP contribution is -2.48. The van der Waals surface area contributed by atoms with E-state index in [0.29, 0.717) is 18.0 Å². The molecule has 1 saturated heterocycles. The second-order valence-electron chi connectivity index (χ2n) is 5.83. The molecule has 126 valence electrons. The Hall–Kier alpha value is -1.95. The van der Waals surface area contributed by atoms with Crippen molar-refractivity contribution in [2.24, 2.45) is 0 Å². The lowest BCUT2D eigenvalue weighted by molar-refractivity contribution is 0.204. The van der Waals surface area contributed by atoms with Gasteiger partial charge in [-0.15, -0.1) is 0 Å². The Labute approximate surface area is 144 Å². The number of sulfonamides is 1. The molecule has 4 nitrogen and oxygen atoms in total. The van der Waals surface area contributed by atoms with Crippen LogP contribution in [-0.2, 0) is 10.0 Å². The van der Waals surface area contributed by atoms with E-state index in [1.807, 2.05) is 24.3 Å². The molecule has 2 aromatic carbocycles. The van der Waals surface area contributed by atoms with Gasteiger partial charge >= 0.3 is 0 Å². The van der Waals surface area contributed by atoms with Crippen LogP contribution in [0.5, 0.6) is 0 Å². The summed E-state index contributed by atoms with van der Waals surface area (Å²) < 4.78 is 26.8. The Balaban J connectivity index is 1.53. The third-order valence-corrected chi connectivity index (χ3v) is 6.10. The molecule has 0 aliphatic carbocycles. The smallest absolute Gasteiger partial charge is 0.243 e. The first-order valence-corrected chi connectivity index (χ1v) is 9.59. The van der Waals surface area contributed by atoms with Crippen LogP contribution >= 0.6 is 0 Å². The molecule has 24 heavy (non-hydrogen) atoms. The maximum atomic E-state index is 12.6. The summed E-state index contributed by atoms with van der Waals surface area (Å²) in [6.07, 6.45) is 4.24. The molecule has 2 aromatic rings. The van der Waals surface area contributed by atoms with E-state index < -0.39 is 10.0 Å². The Morgan fingerprint density at radius 1 is 0.833 bits per heavy atom. The average molecular weight is 342 g/mol. The number of benzene rings is 2. The number of rotatable bonds is 5. The van der Waals surface area contributed by atoms with Crippen molar-refractivity contribution in [1.29, 1.82) is 0 Å². The van der Waals surface area contributed by atoms with Crippen molar-refractivity contribution in [2.75, 3.05) is 32.7 Å². The molecule has 0 atom stereocenters. The zero-order valence-electron chi connectivity index (χ0n) is 13.6. The summed E-state index contributed by atoms with van der Waals surface area (Å²) in [6.45, 7) is 3.43. The molecular weight excluding hydrogens is 320 g/mol. The van der Waals surface area contributed by atoms with E-state index in [1.165, 1.54) is 5.56 Å². The van der Waals surface area contributed by atoms with Crippen molar-refractivity contribution in [3.05, 3.63) is 72.3 Å². The van der Waals surface area contributed by atoms with E-state index in [9.17, 15) is 8.42 Å². The minimum atomic E-state index is -3.36. The summed E-state index contributed by atoms with van der Waals surface area (Å²) >= 11 is 0. The van der Waals surface area contributed by atoms with Crippen LogP contribution in [0.3, 0.4) is 0 Å². The lowest BCUT2D eigenvalue weighted by atomic mass is 10.2. The monoisotopic (exact) mass is 342 g/mol. The van der Waals surface area contributed by atoms with E-state index in [0.717, 1.165) is 19.6 Å². The van der Waals surface area contributed by atoms with Crippen LogP contribution in [0, 0.1) is 0 Å². The predicted octanol–water partition coefficient (Wildman–Crippen LogP) is 2.71. The van der Waals surface area contributed by atoms with Gasteiger partial charge in [0.25, 0.3) is 0 Å². The molecule has 1 aliphatic heterocycles. The van der Waals surface area contributed by atoms with Gasteiger partial charge in [0.05, 0.1) is 4.90 Å². The van der Waals surface area contributed by atoms with Gasteiger partial charge in [-0.25, -0.2) is 8.42 Å². The molecule has 0 unspecified atom stereocenters. The molecule has 0 bridgehead atoms. The van der Waals surface area contributed by atoms with Crippen LogP contribution in [0.1, 0.15) is 5.56 Å². The second kappa shape index (κ2) is 7.75. The van der Waals surface area contributed by atoms with E-state index in [4.69, 9.17) is 0 Å². The van der Waals surface area contributed by atoms with E-state index in [-0.39, 0.29) is 0 Å². The van der Waals surface area contributed by atoms with Gasteiger partial charge in [-0.2, -0.15) is 4.31 Å². The average Bonchev–Trinajstić information content (AvgIpc) is 2.64. The van der Waals surface area contributed by atoms with Gasteiger partial charge in [-0.1, -0.05) is 60.7 Å². The maximum Gasteiger partial charge on any atom is 0.243 e.